The third-order valence-electron chi connectivity index (χ3n) is 1.22. The van der Waals surface area contributed by atoms with Crippen molar-refractivity contribution in [2.75, 3.05) is 0 Å². The van der Waals surface area contributed by atoms with Gasteiger partial charge in [-0.2, -0.15) is 5.10 Å². The molecular weight excluding hydrogens is 116 g/mol. The minimum atomic E-state index is -0.514. The van der Waals surface area contributed by atoms with E-state index in [0.717, 1.165) is 5.69 Å². The zero-order valence-corrected chi connectivity index (χ0v) is 5.57. The fraction of sp³-hybridized carbons (Fsp3) is 0.500. The molecule has 0 bridgehead atoms. The number of rotatable bonds is 1. The van der Waals surface area contributed by atoms with E-state index in [1.165, 1.54) is 0 Å². The fourth-order valence-corrected chi connectivity index (χ4v) is 0.772. The molecule has 0 aromatic carbocycles. The second-order valence-corrected chi connectivity index (χ2v) is 2.05. The Morgan fingerprint density at radius 3 is 2.67 bits per heavy atom. The second-order valence-electron chi connectivity index (χ2n) is 2.05. The minimum Gasteiger partial charge on any atom is -0.372 e. The molecule has 1 N–H and O–H groups in total. The summed E-state index contributed by atoms with van der Waals surface area (Å²) in [6.45, 7) is 3.58. The zero-order valence-electron chi connectivity index (χ0n) is 5.57. The molecule has 50 valence electrons. The molecule has 3 nitrogen and oxygen atoms in total. The molecule has 0 aliphatic rings. The first-order valence-electron chi connectivity index (χ1n) is 2.90. The van der Waals surface area contributed by atoms with Crippen molar-refractivity contribution >= 4 is 0 Å². The van der Waals surface area contributed by atoms with Crippen LogP contribution >= 0.6 is 0 Å². The summed E-state index contributed by atoms with van der Waals surface area (Å²) >= 11 is 0. The predicted octanol–water partition coefficient (Wildman–Crippen LogP) is 0.702. The van der Waals surface area contributed by atoms with E-state index in [9.17, 15) is 0 Å². The highest BCUT2D eigenvalue weighted by Gasteiger charge is 1.99. The molecule has 0 fully saturated rings. The van der Waals surface area contributed by atoms with Gasteiger partial charge in [0.05, 0.1) is 0 Å². The Hall–Kier alpha value is -0.830. The maximum absolute atomic E-state index is 8.99. The van der Waals surface area contributed by atoms with E-state index >= 15 is 0 Å². The fourth-order valence-electron chi connectivity index (χ4n) is 0.772. The van der Waals surface area contributed by atoms with Crippen molar-refractivity contribution in [3.63, 3.8) is 0 Å². The third kappa shape index (κ3) is 1.10. The summed E-state index contributed by atoms with van der Waals surface area (Å²) < 4.78 is 1.56. The quantitative estimate of drug-likeness (QED) is 0.601. The predicted molar refractivity (Wildman–Crippen MR) is 33.9 cm³/mol. The van der Waals surface area contributed by atoms with Gasteiger partial charge < -0.3 is 5.11 Å². The monoisotopic (exact) mass is 126 g/mol. The van der Waals surface area contributed by atoms with Gasteiger partial charge in [-0.3, -0.25) is 0 Å². The van der Waals surface area contributed by atoms with Crippen molar-refractivity contribution in [3.8, 4) is 0 Å². The molecule has 1 aromatic heterocycles. The lowest BCUT2D eigenvalue weighted by atomic mass is 10.5. The van der Waals surface area contributed by atoms with Crippen LogP contribution in [0.5, 0.6) is 0 Å². The van der Waals surface area contributed by atoms with E-state index in [0.29, 0.717) is 0 Å². The summed E-state index contributed by atoms with van der Waals surface area (Å²) in [6.07, 6.45) is 1.15. The van der Waals surface area contributed by atoms with E-state index in [-0.39, 0.29) is 0 Å². The molecule has 1 rings (SSSR count). The molecular formula is C6H10N2O. The second kappa shape index (κ2) is 2.19. The van der Waals surface area contributed by atoms with Crippen LogP contribution in [-0.4, -0.2) is 14.9 Å². The van der Waals surface area contributed by atoms with Crippen LogP contribution in [0.25, 0.3) is 0 Å². The van der Waals surface area contributed by atoms with Crippen molar-refractivity contribution in [1.29, 1.82) is 0 Å². The summed E-state index contributed by atoms with van der Waals surface area (Å²) in [5.41, 5.74) is 0.977. The van der Waals surface area contributed by atoms with Gasteiger partial charge in [-0.25, -0.2) is 4.68 Å². The van der Waals surface area contributed by atoms with Gasteiger partial charge in [-0.05, 0) is 19.9 Å². The number of aromatic nitrogens is 2. The van der Waals surface area contributed by atoms with Crippen LogP contribution in [0.3, 0.4) is 0 Å². The molecule has 0 radical (unpaired) electrons. The number of nitrogens with zero attached hydrogens (tertiary/aromatic N) is 2. The molecule has 0 aliphatic carbocycles. The largest absolute Gasteiger partial charge is 0.372 e. The SMILES string of the molecule is Cc1ccnn1C(C)O. The average Bonchev–Trinajstić information content (AvgIpc) is 2.13. The van der Waals surface area contributed by atoms with E-state index in [4.69, 9.17) is 5.11 Å². The van der Waals surface area contributed by atoms with Crippen LogP contribution in [0, 0.1) is 6.92 Å². The molecule has 1 atom stereocenters. The summed E-state index contributed by atoms with van der Waals surface area (Å²) in [4.78, 5) is 0. The van der Waals surface area contributed by atoms with Crippen molar-refractivity contribution in [3.05, 3.63) is 18.0 Å². The molecule has 9 heavy (non-hydrogen) atoms. The van der Waals surface area contributed by atoms with Gasteiger partial charge in [0.1, 0.15) is 6.23 Å². The standard InChI is InChI=1S/C6H10N2O/c1-5-3-4-7-8(5)6(2)9/h3-4,6,9H,1-2H3. The highest BCUT2D eigenvalue weighted by Crippen LogP contribution is 2.02. The van der Waals surface area contributed by atoms with Crippen LogP contribution in [0.1, 0.15) is 18.8 Å². The van der Waals surface area contributed by atoms with Gasteiger partial charge >= 0.3 is 0 Å². The zero-order chi connectivity index (χ0) is 6.85. The molecule has 1 heterocycles. The summed E-state index contributed by atoms with van der Waals surface area (Å²) in [7, 11) is 0. The topological polar surface area (TPSA) is 38.0 Å². The molecule has 0 amide bonds. The van der Waals surface area contributed by atoms with Crippen molar-refractivity contribution in [2.24, 2.45) is 0 Å². The van der Waals surface area contributed by atoms with E-state index < -0.39 is 6.23 Å². The van der Waals surface area contributed by atoms with Gasteiger partial charge in [0.25, 0.3) is 0 Å². The van der Waals surface area contributed by atoms with Crippen LogP contribution in [0.2, 0.25) is 0 Å². The Morgan fingerprint density at radius 1 is 1.78 bits per heavy atom. The Balaban J connectivity index is 2.94. The number of hydrogen-bond donors (Lipinski definition) is 1. The van der Waals surface area contributed by atoms with E-state index in [2.05, 4.69) is 5.10 Å². The molecule has 0 saturated heterocycles. The first kappa shape index (κ1) is 6.29. The maximum atomic E-state index is 8.99. The summed E-state index contributed by atoms with van der Waals surface area (Å²) in [5.74, 6) is 0. The number of aliphatic hydroxyl groups is 1. The Kier molecular flexibility index (Phi) is 1.53. The molecule has 1 unspecified atom stereocenters. The van der Waals surface area contributed by atoms with Gasteiger partial charge in [0.15, 0.2) is 0 Å². The van der Waals surface area contributed by atoms with E-state index in [1.54, 1.807) is 17.8 Å². The molecule has 0 aliphatic heterocycles. The maximum Gasteiger partial charge on any atom is 0.144 e. The minimum absolute atomic E-state index is 0.514. The van der Waals surface area contributed by atoms with E-state index in [1.807, 2.05) is 13.0 Å². The van der Waals surface area contributed by atoms with Gasteiger partial charge in [0.2, 0.25) is 0 Å². The van der Waals surface area contributed by atoms with Crippen LogP contribution in [0.15, 0.2) is 12.3 Å². The summed E-state index contributed by atoms with van der Waals surface area (Å²) in [6, 6.07) is 1.85. The van der Waals surface area contributed by atoms with Gasteiger partial charge in [-0.15, -0.1) is 0 Å². The lowest BCUT2D eigenvalue weighted by Gasteiger charge is -2.05. The first-order chi connectivity index (χ1) is 4.22. The Bertz CT molecular complexity index is 193. The number of aryl methyl sites for hydroxylation is 1. The number of aliphatic hydroxyl groups excluding tert-OH is 1. The van der Waals surface area contributed by atoms with Crippen LogP contribution in [0.4, 0.5) is 0 Å². The average molecular weight is 126 g/mol. The van der Waals surface area contributed by atoms with Gasteiger partial charge in [-0.1, -0.05) is 0 Å². The van der Waals surface area contributed by atoms with Crippen LogP contribution in [-0.2, 0) is 0 Å². The molecule has 0 saturated carbocycles. The highest BCUT2D eigenvalue weighted by atomic mass is 16.3. The van der Waals surface area contributed by atoms with Crippen molar-refractivity contribution < 1.29 is 5.11 Å². The summed E-state index contributed by atoms with van der Waals surface area (Å²) in [5, 5.41) is 12.9. The molecule has 1 aromatic rings. The third-order valence-corrected chi connectivity index (χ3v) is 1.22. The normalized spacial score (nSPS) is 13.7. The van der Waals surface area contributed by atoms with Crippen molar-refractivity contribution in [1.82, 2.24) is 9.78 Å². The van der Waals surface area contributed by atoms with Crippen LogP contribution < -0.4 is 0 Å². The highest BCUT2D eigenvalue weighted by molar-refractivity contribution is 4.96. The Labute approximate surface area is 53.9 Å². The van der Waals surface area contributed by atoms with Crippen molar-refractivity contribution in [2.45, 2.75) is 20.1 Å². The Morgan fingerprint density at radius 2 is 2.44 bits per heavy atom. The smallest absolute Gasteiger partial charge is 0.144 e. The molecule has 0 spiro atoms. The molecule has 3 heteroatoms. The first-order valence-corrected chi connectivity index (χ1v) is 2.90. The lowest BCUT2D eigenvalue weighted by Crippen LogP contribution is -2.06. The van der Waals surface area contributed by atoms with Gasteiger partial charge in [0, 0.05) is 11.9 Å². The lowest BCUT2D eigenvalue weighted by molar-refractivity contribution is 0.108. The number of hydrogen-bond acceptors (Lipinski definition) is 2.